The lowest BCUT2D eigenvalue weighted by molar-refractivity contribution is 0.414. The van der Waals surface area contributed by atoms with Gasteiger partial charge in [-0.15, -0.1) is 0 Å². The van der Waals surface area contributed by atoms with E-state index in [4.69, 9.17) is 4.74 Å². The molecule has 0 heterocycles. The highest BCUT2D eigenvalue weighted by Gasteiger charge is 2.31. The number of methoxy groups -OCH3 is 1. The van der Waals surface area contributed by atoms with Crippen LogP contribution in [0.25, 0.3) is 0 Å². The molecule has 29 heavy (non-hydrogen) atoms. The molecule has 0 aliphatic carbocycles. The summed E-state index contributed by atoms with van der Waals surface area (Å²) < 4.78 is 60.9. The van der Waals surface area contributed by atoms with Gasteiger partial charge < -0.3 is 4.74 Å². The van der Waals surface area contributed by atoms with E-state index in [9.17, 15) is 17.2 Å². The molecule has 0 N–H and O–H groups in total. The summed E-state index contributed by atoms with van der Waals surface area (Å²) in [5.74, 6) is -0.520. The van der Waals surface area contributed by atoms with E-state index < -0.39 is 27.7 Å². The minimum absolute atomic E-state index is 0.181. The van der Waals surface area contributed by atoms with E-state index in [0.717, 1.165) is 10.4 Å². The van der Waals surface area contributed by atoms with Crippen molar-refractivity contribution < 1.29 is 21.9 Å². The Morgan fingerprint density at radius 2 is 1.66 bits per heavy atom. The predicted octanol–water partition coefficient (Wildman–Crippen LogP) is 5.24. The van der Waals surface area contributed by atoms with Crippen LogP contribution in [0, 0.1) is 18.6 Å². The summed E-state index contributed by atoms with van der Waals surface area (Å²) in [5, 5.41) is 0. The summed E-state index contributed by atoms with van der Waals surface area (Å²) in [6.07, 6.45) is 0. The van der Waals surface area contributed by atoms with Crippen molar-refractivity contribution >= 4 is 15.7 Å². The van der Waals surface area contributed by atoms with Crippen LogP contribution in [0.4, 0.5) is 14.5 Å². The monoisotopic (exact) mass is 417 g/mol. The van der Waals surface area contributed by atoms with Crippen molar-refractivity contribution in [3.8, 4) is 5.75 Å². The largest absolute Gasteiger partial charge is 0.497 e. The van der Waals surface area contributed by atoms with Crippen LogP contribution in [0.2, 0.25) is 0 Å². The van der Waals surface area contributed by atoms with Crippen molar-refractivity contribution in [1.29, 1.82) is 0 Å². The van der Waals surface area contributed by atoms with Crippen molar-refractivity contribution in [2.45, 2.75) is 24.8 Å². The quantitative estimate of drug-likeness (QED) is 0.551. The summed E-state index contributed by atoms with van der Waals surface area (Å²) in [7, 11) is -2.62. The van der Waals surface area contributed by atoms with Gasteiger partial charge in [-0.3, -0.25) is 4.31 Å². The Morgan fingerprint density at radius 3 is 2.28 bits per heavy atom. The zero-order chi connectivity index (χ0) is 21.2. The molecule has 0 aliphatic rings. The van der Waals surface area contributed by atoms with Crippen LogP contribution in [-0.2, 0) is 10.0 Å². The zero-order valence-corrected chi connectivity index (χ0v) is 17.1. The van der Waals surface area contributed by atoms with E-state index in [1.165, 1.54) is 43.5 Å². The maximum atomic E-state index is 14.1. The van der Waals surface area contributed by atoms with Crippen LogP contribution >= 0.6 is 0 Å². The lowest BCUT2D eigenvalue weighted by Gasteiger charge is -2.31. The van der Waals surface area contributed by atoms with E-state index >= 15 is 0 Å². The van der Waals surface area contributed by atoms with Crippen LogP contribution in [0.5, 0.6) is 5.75 Å². The number of nitrogens with zero attached hydrogens (tertiary/aromatic N) is 1. The lowest BCUT2D eigenvalue weighted by Crippen LogP contribution is -2.33. The molecule has 3 rings (SSSR count). The molecule has 0 spiro atoms. The van der Waals surface area contributed by atoms with E-state index in [0.29, 0.717) is 16.9 Å². The third-order valence-corrected chi connectivity index (χ3v) is 6.60. The van der Waals surface area contributed by atoms with Crippen molar-refractivity contribution in [3.05, 3.63) is 89.5 Å². The molecule has 0 radical (unpaired) electrons. The van der Waals surface area contributed by atoms with Gasteiger partial charge in [0.2, 0.25) is 0 Å². The summed E-state index contributed by atoms with van der Waals surface area (Å²) in [6.45, 7) is 3.27. The lowest BCUT2D eigenvalue weighted by atomic mass is 10.1. The molecule has 0 saturated heterocycles. The number of halogens is 2. The molecule has 1 atom stereocenters. The van der Waals surface area contributed by atoms with Crippen molar-refractivity contribution in [2.75, 3.05) is 11.4 Å². The second-order valence-corrected chi connectivity index (χ2v) is 8.46. The molecular formula is C22H21F2NO3S. The van der Waals surface area contributed by atoms with Gasteiger partial charge in [0.1, 0.15) is 17.4 Å². The molecule has 3 aromatic rings. The van der Waals surface area contributed by atoms with Crippen molar-refractivity contribution in [2.24, 2.45) is 0 Å². The number of ether oxygens (including phenoxy) is 1. The van der Waals surface area contributed by atoms with E-state index in [1.54, 1.807) is 38.1 Å². The number of hydrogen-bond donors (Lipinski definition) is 0. The second-order valence-electron chi connectivity index (χ2n) is 6.64. The first-order valence-electron chi connectivity index (χ1n) is 8.94. The van der Waals surface area contributed by atoms with Crippen LogP contribution < -0.4 is 9.04 Å². The van der Waals surface area contributed by atoms with Gasteiger partial charge in [-0.2, -0.15) is 0 Å². The SMILES string of the molecule is COc1cccc([C@@H](C)N(c2ccc(F)cc2)S(=O)(=O)c2ccc(C)c(F)c2)c1. The molecule has 152 valence electrons. The van der Waals surface area contributed by atoms with Crippen LogP contribution in [-0.4, -0.2) is 15.5 Å². The van der Waals surface area contributed by atoms with E-state index in [-0.39, 0.29) is 10.6 Å². The Labute approximate surface area is 169 Å². The first kappa shape index (κ1) is 20.8. The van der Waals surface area contributed by atoms with Crippen LogP contribution in [0.3, 0.4) is 0 Å². The number of anilines is 1. The highest BCUT2D eigenvalue weighted by atomic mass is 32.2. The number of rotatable bonds is 6. The van der Waals surface area contributed by atoms with Crippen molar-refractivity contribution in [3.63, 3.8) is 0 Å². The average Bonchev–Trinajstić information content (AvgIpc) is 2.71. The van der Waals surface area contributed by atoms with Gasteiger partial charge in [0, 0.05) is 0 Å². The molecular weight excluding hydrogens is 396 g/mol. The Bertz CT molecular complexity index is 1120. The Balaban J connectivity index is 2.16. The summed E-state index contributed by atoms with van der Waals surface area (Å²) in [4.78, 5) is -0.181. The Morgan fingerprint density at radius 1 is 0.966 bits per heavy atom. The number of hydrogen-bond acceptors (Lipinski definition) is 3. The average molecular weight is 417 g/mol. The highest BCUT2D eigenvalue weighted by molar-refractivity contribution is 7.92. The van der Waals surface area contributed by atoms with E-state index in [2.05, 4.69) is 0 Å². The standard InChI is InChI=1S/C22H21F2NO3S/c1-15-7-12-21(14-22(15)24)29(26,27)25(19-10-8-18(23)9-11-19)16(2)17-5-4-6-20(13-17)28-3/h4-14,16H,1-3H3/t16-/m1/s1. The van der Waals surface area contributed by atoms with Gasteiger partial charge in [0.05, 0.1) is 23.7 Å². The second kappa shape index (κ2) is 8.21. The third kappa shape index (κ3) is 4.24. The first-order chi connectivity index (χ1) is 13.7. The summed E-state index contributed by atoms with van der Waals surface area (Å²) in [6, 6.07) is 15.3. The first-order valence-corrected chi connectivity index (χ1v) is 10.4. The molecule has 0 aromatic heterocycles. The van der Waals surface area contributed by atoms with Gasteiger partial charge in [0.15, 0.2) is 0 Å². The molecule has 0 fully saturated rings. The van der Waals surface area contributed by atoms with Crippen molar-refractivity contribution in [1.82, 2.24) is 0 Å². The normalized spacial score (nSPS) is 12.4. The molecule has 0 saturated carbocycles. The van der Waals surface area contributed by atoms with Crippen LogP contribution in [0.1, 0.15) is 24.1 Å². The van der Waals surface area contributed by atoms with Gasteiger partial charge in [-0.05, 0) is 73.5 Å². The van der Waals surface area contributed by atoms with Gasteiger partial charge in [-0.1, -0.05) is 18.2 Å². The molecule has 4 nitrogen and oxygen atoms in total. The fourth-order valence-electron chi connectivity index (χ4n) is 3.04. The number of benzene rings is 3. The molecule has 0 unspecified atom stereocenters. The van der Waals surface area contributed by atoms with E-state index in [1.807, 2.05) is 0 Å². The third-order valence-electron chi connectivity index (χ3n) is 4.71. The van der Waals surface area contributed by atoms with Crippen LogP contribution in [0.15, 0.2) is 71.6 Å². The molecule has 7 heteroatoms. The molecule has 0 aliphatic heterocycles. The van der Waals surface area contributed by atoms with Gasteiger partial charge in [-0.25, -0.2) is 17.2 Å². The topological polar surface area (TPSA) is 46.6 Å². The maximum absolute atomic E-state index is 14.1. The Hall–Kier alpha value is -2.93. The smallest absolute Gasteiger partial charge is 0.264 e. The van der Waals surface area contributed by atoms with Gasteiger partial charge >= 0.3 is 0 Å². The summed E-state index contributed by atoms with van der Waals surface area (Å²) >= 11 is 0. The molecule has 0 amide bonds. The fraction of sp³-hybridized carbons (Fsp3) is 0.182. The molecule has 3 aromatic carbocycles. The minimum Gasteiger partial charge on any atom is -0.497 e. The van der Waals surface area contributed by atoms with Gasteiger partial charge in [0.25, 0.3) is 10.0 Å². The maximum Gasteiger partial charge on any atom is 0.264 e. The minimum atomic E-state index is -4.14. The number of sulfonamides is 1. The fourth-order valence-corrected chi connectivity index (χ4v) is 4.70. The highest BCUT2D eigenvalue weighted by Crippen LogP contribution is 2.34. The predicted molar refractivity (Wildman–Crippen MR) is 109 cm³/mol. The Kier molecular flexibility index (Phi) is 5.88. The number of aryl methyl sites for hydroxylation is 1. The summed E-state index contributed by atoms with van der Waals surface area (Å²) in [5.41, 5.74) is 1.28. The zero-order valence-electron chi connectivity index (χ0n) is 16.3. The molecule has 0 bridgehead atoms.